The first kappa shape index (κ1) is 32.8. The summed E-state index contributed by atoms with van der Waals surface area (Å²) in [5, 5.41) is 4.56. The second kappa shape index (κ2) is 13.6. The Bertz CT molecular complexity index is 3100. The van der Waals surface area contributed by atoms with Gasteiger partial charge in [0.1, 0.15) is 11.2 Å². The third-order valence-corrected chi connectivity index (χ3v) is 11.2. The van der Waals surface area contributed by atoms with Crippen LogP contribution in [0.15, 0.2) is 223 Å². The average molecular weight is 729 g/mol. The summed E-state index contributed by atoms with van der Waals surface area (Å²) in [7, 11) is 0. The molecule has 0 radical (unpaired) electrons. The van der Waals surface area contributed by atoms with E-state index in [1.165, 1.54) is 33.2 Å². The van der Waals surface area contributed by atoms with Gasteiger partial charge in [-0.25, -0.2) is 0 Å². The van der Waals surface area contributed by atoms with Gasteiger partial charge < -0.3 is 13.9 Å². The Morgan fingerprint density at radius 1 is 0.333 bits per heavy atom. The molecule has 2 heterocycles. The predicted molar refractivity (Wildman–Crippen MR) is 239 cm³/mol. The SMILES string of the molecule is c1ccc(-c2ccc(N(c3ccc(-c4ccccc4)cc3)c3ccc(-c4ccc5oc6c(ccc7c6c6ccccc6n7-c6ccccc6)c5c4)cc3)cc2)cc1. The van der Waals surface area contributed by atoms with E-state index in [0.29, 0.717) is 0 Å². The predicted octanol–water partition coefficient (Wildman–Crippen LogP) is 15.2. The molecular weight excluding hydrogens is 693 g/mol. The third kappa shape index (κ3) is 5.68. The van der Waals surface area contributed by atoms with Crippen LogP contribution in [-0.2, 0) is 0 Å². The molecule has 0 aliphatic heterocycles. The largest absolute Gasteiger partial charge is 0.455 e. The second-order valence-corrected chi connectivity index (χ2v) is 14.5. The van der Waals surface area contributed by atoms with Crippen LogP contribution in [0, 0.1) is 0 Å². The van der Waals surface area contributed by atoms with Crippen LogP contribution in [0.4, 0.5) is 17.1 Å². The van der Waals surface area contributed by atoms with Gasteiger partial charge in [-0.3, -0.25) is 0 Å². The molecule has 0 amide bonds. The number of hydrogen-bond acceptors (Lipinski definition) is 2. The molecule has 3 nitrogen and oxygen atoms in total. The maximum atomic E-state index is 6.72. The first-order valence-corrected chi connectivity index (χ1v) is 19.4. The summed E-state index contributed by atoms with van der Waals surface area (Å²) in [6.07, 6.45) is 0. The van der Waals surface area contributed by atoms with E-state index in [9.17, 15) is 0 Å². The molecule has 0 spiro atoms. The highest BCUT2D eigenvalue weighted by Crippen LogP contribution is 2.42. The van der Waals surface area contributed by atoms with Gasteiger partial charge in [0.25, 0.3) is 0 Å². The fourth-order valence-electron chi connectivity index (χ4n) is 8.44. The normalized spacial score (nSPS) is 11.5. The summed E-state index contributed by atoms with van der Waals surface area (Å²) in [6.45, 7) is 0. The number of anilines is 3. The lowest BCUT2D eigenvalue weighted by Crippen LogP contribution is -2.09. The van der Waals surface area contributed by atoms with Crippen molar-refractivity contribution < 1.29 is 4.42 Å². The molecule has 9 aromatic carbocycles. The smallest absolute Gasteiger partial charge is 0.145 e. The molecule has 0 saturated carbocycles. The monoisotopic (exact) mass is 728 g/mol. The molecular formula is C54H36N2O. The maximum absolute atomic E-state index is 6.72. The van der Waals surface area contributed by atoms with E-state index < -0.39 is 0 Å². The number of nitrogens with zero attached hydrogens (tertiary/aromatic N) is 2. The van der Waals surface area contributed by atoms with E-state index in [1.54, 1.807) is 0 Å². The van der Waals surface area contributed by atoms with Gasteiger partial charge in [0, 0.05) is 38.9 Å². The zero-order valence-corrected chi connectivity index (χ0v) is 31.1. The number of furan rings is 1. The van der Waals surface area contributed by atoms with Crippen LogP contribution >= 0.6 is 0 Å². The van der Waals surface area contributed by atoms with Crippen LogP contribution in [0.25, 0.3) is 82.8 Å². The molecule has 57 heavy (non-hydrogen) atoms. The Hall–Kier alpha value is -7.62. The van der Waals surface area contributed by atoms with E-state index in [0.717, 1.165) is 66.7 Å². The first-order valence-electron chi connectivity index (χ1n) is 19.4. The number of rotatable bonds is 7. The number of aromatic nitrogens is 1. The van der Waals surface area contributed by atoms with Crippen molar-refractivity contribution in [1.82, 2.24) is 4.57 Å². The third-order valence-electron chi connectivity index (χ3n) is 11.2. The second-order valence-electron chi connectivity index (χ2n) is 14.5. The summed E-state index contributed by atoms with van der Waals surface area (Å²) < 4.78 is 9.05. The quantitative estimate of drug-likeness (QED) is 0.163. The van der Waals surface area contributed by atoms with Gasteiger partial charge in [0.15, 0.2) is 0 Å². The highest BCUT2D eigenvalue weighted by Gasteiger charge is 2.19. The Morgan fingerprint density at radius 2 is 0.807 bits per heavy atom. The van der Waals surface area contributed by atoms with Crippen molar-refractivity contribution in [3.8, 4) is 39.1 Å². The van der Waals surface area contributed by atoms with Gasteiger partial charge in [-0.1, -0.05) is 140 Å². The van der Waals surface area contributed by atoms with Crippen LogP contribution in [0.3, 0.4) is 0 Å². The highest BCUT2D eigenvalue weighted by atomic mass is 16.3. The molecule has 0 aliphatic rings. The minimum Gasteiger partial charge on any atom is -0.455 e. The van der Waals surface area contributed by atoms with Crippen LogP contribution in [-0.4, -0.2) is 4.57 Å². The Kier molecular flexibility index (Phi) is 7.82. The van der Waals surface area contributed by atoms with Crippen LogP contribution in [0.5, 0.6) is 0 Å². The average Bonchev–Trinajstić information content (AvgIpc) is 3.84. The standard InChI is InChI=1S/C54H36N2O/c1-4-12-37(13-5-1)39-20-27-44(28-21-39)55(45-29-22-40(23-30-45)38-14-6-2-7-15-38)46-31-24-41(25-32-46)42-26-35-52-49(36-42)47-33-34-51-53(54(47)57-52)48-18-10-11-19-50(48)56(51)43-16-8-3-9-17-43/h1-36H. The molecule has 2 aromatic heterocycles. The van der Waals surface area contributed by atoms with E-state index >= 15 is 0 Å². The van der Waals surface area contributed by atoms with Crippen LogP contribution in [0.1, 0.15) is 0 Å². The molecule has 11 aromatic rings. The van der Waals surface area contributed by atoms with Crippen molar-refractivity contribution in [2.75, 3.05) is 4.90 Å². The molecule has 0 atom stereocenters. The molecule has 3 heteroatoms. The lowest BCUT2D eigenvalue weighted by atomic mass is 10.0. The number of para-hydroxylation sites is 2. The number of benzene rings is 9. The van der Waals surface area contributed by atoms with Crippen molar-refractivity contribution in [2.45, 2.75) is 0 Å². The van der Waals surface area contributed by atoms with E-state index in [1.807, 2.05) is 0 Å². The van der Waals surface area contributed by atoms with Gasteiger partial charge in [0.05, 0.1) is 16.4 Å². The fourth-order valence-corrected chi connectivity index (χ4v) is 8.44. The lowest BCUT2D eigenvalue weighted by molar-refractivity contribution is 0.673. The highest BCUT2D eigenvalue weighted by molar-refractivity contribution is 6.24. The number of hydrogen-bond donors (Lipinski definition) is 0. The molecule has 268 valence electrons. The zero-order chi connectivity index (χ0) is 37.7. The van der Waals surface area contributed by atoms with Crippen LogP contribution in [0.2, 0.25) is 0 Å². The van der Waals surface area contributed by atoms with Crippen molar-refractivity contribution >= 4 is 60.8 Å². The summed E-state index contributed by atoms with van der Waals surface area (Å²) in [4.78, 5) is 2.33. The summed E-state index contributed by atoms with van der Waals surface area (Å²) >= 11 is 0. The van der Waals surface area contributed by atoms with Crippen molar-refractivity contribution in [3.63, 3.8) is 0 Å². The molecule has 11 rings (SSSR count). The zero-order valence-electron chi connectivity index (χ0n) is 31.1. The molecule has 0 fully saturated rings. The van der Waals surface area contributed by atoms with Crippen molar-refractivity contribution in [2.24, 2.45) is 0 Å². The molecule has 0 unspecified atom stereocenters. The molecule has 0 aliphatic carbocycles. The van der Waals surface area contributed by atoms with Gasteiger partial charge >= 0.3 is 0 Å². The minimum absolute atomic E-state index is 0.887. The van der Waals surface area contributed by atoms with Crippen molar-refractivity contribution in [3.05, 3.63) is 218 Å². The van der Waals surface area contributed by atoms with Crippen molar-refractivity contribution in [1.29, 1.82) is 0 Å². The number of fused-ring (bicyclic) bond motifs is 7. The lowest BCUT2D eigenvalue weighted by Gasteiger charge is -2.26. The summed E-state index contributed by atoms with van der Waals surface area (Å²) in [5.41, 5.74) is 15.6. The van der Waals surface area contributed by atoms with Crippen LogP contribution < -0.4 is 4.90 Å². The van der Waals surface area contributed by atoms with E-state index in [4.69, 9.17) is 4.42 Å². The van der Waals surface area contributed by atoms with Gasteiger partial charge in [-0.2, -0.15) is 0 Å². The molecule has 0 bridgehead atoms. The molecule has 0 N–H and O–H groups in total. The van der Waals surface area contributed by atoms with E-state index in [-0.39, 0.29) is 0 Å². The Balaban J connectivity index is 0.982. The fraction of sp³-hybridized carbons (Fsp3) is 0. The van der Waals surface area contributed by atoms with Gasteiger partial charge in [0.2, 0.25) is 0 Å². The minimum atomic E-state index is 0.887. The van der Waals surface area contributed by atoms with Gasteiger partial charge in [-0.05, 0) is 112 Å². The summed E-state index contributed by atoms with van der Waals surface area (Å²) in [5.74, 6) is 0. The molecule has 0 saturated heterocycles. The first-order chi connectivity index (χ1) is 28.3. The van der Waals surface area contributed by atoms with E-state index in [2.05, 4.69) is 228 Å². The Labute approximate surface area is 330 Å². The maximum Gasteiger partial charge on any atom is 0.145 e. The topological polar surface area (TPSA) is 21.3 Å². The summed E-state index contributed by atoms with van der Waals surface area (Å²) in [6, 6.07) is 77.9. The van der Waals surface area contributed by atoms with Gasteiger partial charge in [-0.15, -0.1) is 0 Å². The Morgan fingerprint density at radius 3 is 1.39 bits per heavy atom.